The second-order valence-corrected chi connectivity index (χ2v) is 4.66. The van der Waals surface area contributed by atoms with Crippen LogP contribution in [0.4, 0.5) is 0 Å². The first-order valence-corrected chi connectivity index (χ1v) is 5.90. The summed E-state index contributed by atoms with van der Waals surface area (Å²) in [7, 11) is 0. The average Bonchev–Trinajstić information content (AvgIpc) is 2.04. The fraction of sp³-hybridized carbons (Fsp3) is 1.00. The zero-order valence-electron chi connectivity index (χ0n) is 7.70. The lowest BCUT2D eigenvalue weighted by atomic mass is 10.2. The molecule has 0 rings (SSSR count). The first-order chi connectivity index (χ1) is 5.31. The summed E-state index contributed by atoms with van der Waals surface area (Å²) < 4.78 is 0.885. The van der Waals surface area contributed by atoms with Gasteiger partial charge in [-0.2, -0.15) is 0 Å². The van der Waals surface area contributed by atoms with Gasteiger partial charge in [-0.15, -0.1) is 0 Å². The van der Waals surface area contributed by atoms with Gasteiger partial charge in [0.1, 0.15) is 0 Å². The van der Waals surface area contributed by atoms with E-state index in [0.717, 1.165) is 3.92 Å². The van der Waals surface area contributed by atoms with Gasteiger partial charge in [0.2, 0.25) is 0 Å². The van der Waals surface area contributed by atoms with E-state index in [1.165, 1.54) is 38.8 Å². The SMILES string of the molecule is CCCNCCCC(I)CC. The van der Waals surface area contributed by atoms with Crippen molar-refractivity contribution in [1.82, 2.24) is 5.32 Å². The van der Waals surface area contributed by atoms with Crippen molar-refractivity contribution in [2.45, 2.75) is 43.5 Å². The predicted molar refractivity (Wildman–Crippen MR) is 60.5 cm³/mol. The highest BCUT2D eigenvalue weighted by molar-refractivity contribution is 14.1. The van der Waals surface area contributed by atoms with Crippen LogP contribution in [-0.4, -0.2) is 17.0 Å². The summed E-state index contributed by atoms with van der Waals surface area (Å²) in [5.74, 6) is 0. The summed E-state index contributed by atoms with van der Waals surface area (Å²) in [6, 6.07) is 0. The van der Waals surface area contributed by atoms with Crippen LogP contribution < -0.4 is 5.32 Å². The molecule has 1 N–H and O–H groups in total. The van der Waals surface area contributed by atoms with E-state index in [-0.39, 0.29) is 0 Å². The van der Waals surface area contributed by atoms with E-state index >= 15 is 0 Å². The van der Waals surface area contributed by atoms with Crippen LogP contribution in [0.5, 0.6) is 0 Å². The lowest BCUT2D eigenvalue weighted by Gasteiger charge is -2.06. The molecule has 0 aliphatic carbocycles. The molecule has 0 saturated carbocycles. The summed E-state index contributed by atoms with van der Waals surface area (Å²) in [4.78, 5) is 0. The largest absolute Gasteiger partial charge is 0.317 e. The minimum absolute atomic E-state index is 0.885. The summed E-state index contributed by atoms with van der Waals surface area (Å²) in [6.07, 6.45) is 5.27. The van der Waals surface area contributed by atoms with Crippen LogP contribution in [0.3, 0.4) is 0 Å². The standard InChI is InChI=1S/C9H20IN/c1-3-7-11-8-5-6-9(10)4-2/h9,11H,3-8H2,1-2H3. The van der Waals surface area contributed by atoms with Crippen LogP contribution in [-0.2, 0) is 0 Å². The van der Waals surface area contributed by atoms with Crippen molar-refractivity contribution < 1.29 is 0 Å². The Hall–Kier alpha value is 0.690. The molecule has 0 aromatic rings. The highest BCUT2D eigenvalue weighted by Gasteiger charge is 1.98. The van der Waals surface area contributed by atoms with Gasteiger partial charge in [-0.05, 0) is 38.8 Å². The van der Waals surface area contributed by atoms with Crippen LogP contribution >= 0.6 is 22.6 Å². The lowest BCUT2D eigenvalue weighted by molar-refractivity contribution is 0.608. The summed E-state index contributed by atoms with van der Waals surface area (Å²) >= 11 is 2.54. The van der Waals surface area contributed by atoms with Crippen molar-refractivity contribution in [3.05, 3.63) is 0 Å². The van der Waals surface area contributed by atoms with Gasteiger partial charge in [0.05, 0.1) is 0 Å². The molecule has 1 atom stereocenters. The molecule has 0 aromatic heterocycles. The average molecular weight is 269 g/mol. The minimum Gasteiger partial charge on any atom is -0.317 e. The molecule has 0 heterocycles. The van der Waals surface area contributed by atoms with Gasteiger partial charge in [0.25, 0.3) is 0 Å². The summed E-state index contributed by atoms with van der Waals surface area (Å²) in [5.41, 5.74) is 0. The van der Waals surface area contributed by atoms with Crippen molar-refractivity contribution >= 4 is 22.6 Å². The fourth-order valence-electron chi connectivity index (χ4n) is 0.954. The van der Waals surface area contributed by atoms with Gasteiger partial charge in [0, 0.05) is 3.92 Å². The maximum Gasteiger partial charge on any atom is 0.0107 e. The maximum absolute atomic E-state index is 3.41. The third-order valence-corrected chi connectivity index (χ3v) is 3.24. The zero-order valence-corrected chi connectivity index (χ0v) is 9.86. The number of alkyl halides is 1. The van der Waals surface area contributed by atoms with Crippen LogP contribution in [0.1, 0.15) is 39.5 Å². The second-order valence-electron chi connectivity index (χ2n) is 2.90. The number of halogens is 1. The van der Waals surface area contributed by atoms with Crippen molar-refractivity contribution in [1.29, 1.82) is 0 Å². The van der Waals surface area contributed by atoms with Crippen molar-refractivity contribution in [3.63, 3.8) is 0 Å². The highest BCUT2D eigenvalue weighted by Crippen LogP contribution is 2.11. The fourth-order valence-corrected chi connectivity index (χ4v) is 1.39. The van der Waals surface area contributed by atoms with Gasteiger partial charge < -0.3 is 5.32 Å². The Balaban J connectivity index is 2.89. The molecule has 0 aromatic carbocycles. The summed E-state index contributed by atoms with van der Waals surface area (Å²) in [6.45, 7) is 6.85. The van der Waals surface area contributed by atoms with Crippen molar-refractivity contribution in [2.24, 2.45) is 0 Å². The van der Waals surface area contributed by atoms with Crippen LogP contribution in [0.15, 0.2) is 0 Å². The number of hydrogen-bond donors (Lipinski definition) is 1. The number of rotatable bonds is 7. The number of nitrogens with one attached hydrogen (secondary N) is 1. The van der Waals surface area contributed by atoms with Gasteiger partial charge in [0.15, 0.2) is 0 Å². The lowest BCUT2D eigenvalue weighted by Crippen LogP contribution is -2.16. The van der Waals surface area contributed by atoms with Gasteiger partial charge >= 0.3 is 0 Å². The van der Waals surface area contributed by atoms with Crippen LogP contribution in [0, 0.1) is 0 Å². The molecule has 0 radical (unpaired) electrons. The third-order valence-electron chi connectivity index (χ3n) is 1.74. The molecule has 0 saturated heterocycles. The molecule has 1 unspecified atom stereocenters. The predicted octanol–water partition coefficient (Wildman–Crippen LogP) is 2.98. The molecular weight excluding hydrogens is 249 g/mol. The Morgan fingerprint density at radius 3 is 2.55 bits per heavy atom. The minimum atomic E-state index is 0.885. The smallest absolute Gasteiger partial charge is 0.0107 e. The second kappa shape index (κ2) is 8.78. The quantitative estimate of drug-likeness (QED) is 0.425. The maximum atomic E-state index is 3.41. The van der Waals surface area contributed by atoms with E-state index in [1.54, 1.807) is 0 Å². The summed E-state index contributed by atoms with van der Waals surface area (Å²) in [5, 5.41) is 3.41. The van der Waals surface area contributed by atoms with E-state index < -0.39 is 0 Å². The highest BCUT2D eigenvalue weighted by atomic mass is 127. The molecule has 11 heavy (non-hydrogen) atoms. The topological polar surface area (TPSA) is 12.0 Å². The van der Waals surface area contributed by atoms with E-state index in [4.69, 9.17) is 0 Å². The Morgan fingerprint density at radius 2 is 2.00 bits per heavy atom. The van der Waals surface area contributed by atoms with Crippen LogP contribution in [0.2, 0.25) is 0 Å². The molecule has 0 bridgehead atoms. The molecule has 0 fully saturated rings. The number of hydrogen-bond acceptors (Lipinski definition) is 1. The van der Waals surface area contributed by atoms with Gasteiger partial charge in [-0.3, -0.25) is 0 Å². The normalized spacial score (nSPS) is 13.4. The molecule has 0 aliphatic rings. The van der Waals surface area contributed by atoms with Crippen LogP contribution in [0.25, 0.3) is 0 Å². The van der Waals surface area contributed by atoms with E-state index in [1.807, 2.05) is 0 Å². The Bertz CT molecular complexity index is 76.0. The zero-order chi connectivity index (χ0) is 8.53. The molecule has 0 aliphatic heterocycles. The van der Waals surface area contributed by atoms with Gasteiger partial charge in [-0.25, -0.2) is 0 Å². The molecular formula is C9H20IN. The van der Waals surface area contributed by atoms with E-state index in [9.17, 15) is 0 Å². The molecule has 2 heteroatoms. The Morgan fingerprint density at radius 1 is 1.27 bits per heavy atom. The Kier molecular flexibility index (Phi) is 9.33. The van der Waals surface area contributed by atoms with E-state index in [2.05, 4.69) is 41.8 Å². The monoisotopic (exact) mass is 269 g/mol. The van der Waals surface area contributed by atoms with E-state index in [0.29, 0.717) is 0 Å². The molecule has 0 amide bonds. The third kappa shape index (κ3) is 8.60. The molecule has 68 valence electrons. The first-order valence-electron chi connectivity index (χ1n) is 4.66. The van der Waals surface area contributed by atoms with Crippen molar-refractivity contribution in [2.75, 3.05) is 13.1 Å². The molecule has 0 spiro atoms. The van der Waals surface area contributed by atoms with Gasteiger partial charge in [-0.1, -0.05) is 36.4 Å². The first kappa shape index (κ1) is 11.7. The Labute approximate surface area is 84.5 Å². The molecule has 1 nitrogen and oxygen atoms in total. The van der Waals surface area contributed by atoms with Crippen molar-refractivity contribution in [3.8, 4) is 0 Å².